The lowest BCUT2D eigenvalue weighted by atomic mass is 10.1. The van der Waals surface area contributed by atoms with Gasteiger partial charge in [0.05, 0.1) is 24.7 Å². The van der Waals surface area contributed by atoms with Crippen LogP contribution in [0.5, 0.6) is 11.5 Å². The summed E-state index contributed by atoms with van der Waals surface area (Å²) in [6.45, 7) is 3.51. The van der Waals surface area contributed by atoms with Crippen molar-refractivity contribution in [3.8, 4) is 11.5 Å². The average Bonchev–Trinajstić information content (AvgIpc) is 3.57. The molecule has 1 atom stereocenters. The maximum absolute atomic E-state index is 13.5. The third-order valence-electron chi connectivity index (χ3n) is 6.67. The lowest BCUT2D eigenvalue weighted by molar-refractivity contribution is 0.0914. The van der Waals surface area contributed by atoms with Gasteiger partial charge in [-0.15, -0.1) is 5.10 Å². The van der Waals surface area contributed by atoms with E-state index in [1.165, 1.54) is 12.1 Å². The van der Waals surface area contributed by atoms with E-state index in [2.05, 4.69) is 25.4 Å². The van der Waals surface area contributed by atoms with Gasteiger partial charge in [0.15, 0.2) is 17.3 Å². The third kappa shape index (κ3) is 5.32. The molecule has 0 spiro atoms. The highest BCUT2D eigenvalue weighted by Crippen LogP contribution is 2.33. The number of rotatable bonds is 8. The van der Waals surface area contributed by atoms with Crippen LogP contribution in [0, 0.1) is 5.82 Å². The predicted octanol–water partition coefficient (Wildman–Crippen LogP) is 2.81. The van der Waals surface area contributed by atoms with E-state index in [1.54, 1.807) is 22.9 Å². The van der Waals surface area contributed by atoms with Crippen LogP contribution in [0.1, 0.15) is 29.8 Å². The number of aromatic nitrogens is 5. The first-order valence-electron chi connectivity index (χ1n) is 12.4. The van der Waals surface area contributed by atoms with Crippen LogP contribution in [-0.2, 0) is 30.9 Å². The second kappa shape index (κ2) is 10.3. The summed E-state index contributed by atoms with van der Waals surface area (Å²) in [6, 6.07) is 11.9. The highest BCUT2D eigenvalue weighted by Gasteiger charge is 2.21. The Hall–Kier alpha value is -3.83. The summed E-state index contributed by atoms with van der Waals surface area (Å²) in [5.74, 6) is 1.66. The van der Waals surface area contributed by atoms with Crippen molar-refractivity contribution in [1.82, 2.24) is 30.1 Å². The Morgan fingerprint density at radius 2 is 1.84 bits per heavy atom. The topological polar surface area (TPSA) is 107 Å². The number of nitrogens with zero attached hydrogens (tertiary/aromatic N) is 5. The zero-order valence-corrected chi connectivity index (χ0v) is 20.2. The molecule has 2 aromatic carbocycles. The molecular formula is C26H27FN6O4. The van der Waals surface area contributed by atoms with Crippen LogP contribution in [0.4, 0.5) is 4.39 Å². The summed E-state index contributed by atoms with van der Waals surface area (Å²) >= 11 is 0. The van der Waals surface area contributed by atoms with Gasteiger partial charge in [-0.25, -0.2) is 9.07 Å². The number of benzene rings is 2. The molecule has 2 aliphatic rings. The van der Waals surface area contributed by atoms with E-state index in [0.717, 1.165) is 30.4 Å². The van der Waals surface area contributed by atoms with Crippen LogP contribution in [-0.4, -0.2) is 56.0 Å². The fourth-order valence-electron chi connectivity index (χ4n) is 4.82. The fraction of sp³-hybridized carbons (Fsp3) is 0.385. The molecule has 1 N–H and O–H groups in total. The highest BCUT2D eigenvalue weighted by atomic mass is 19.1. The Balaban J connectivity index is 1.29. The Morgan fingerprint density at radius 1 is 1.03 bits per heavy atom. The second-order valence-electron chi connectivity index (χ2n) is 9.39. The number of hydrogen-bond acceptors (Lipinski definition) is 8. The molecule has 192 valence electrons. The van der Waals surface area contributed by atoms with Crippen molar-refractivity contribution in [1.29, 1.82) is 0 Å². The molecule has 0 aliphatic carbocycles. The summed E-state index contributed by atoms with van der Waals surface area (Å²) in [6.07, 6.45) is 2.10. The van der Waals surface area contributed by atoms with Gasteiger partial charge in [0.1, 0.15) is 19.0 Å². The van der Waals surface area contributed by atoms with E-state index in [4.69, 9.17) is 14.2 Å². The van der Waals surface area contributed by atoms with Crippen LogP contribution in [0.25, 0.3) is 10.9 Å². The van der Waals surface area contributed by atoms with Gasteiger partial charge in [-0.3, -0.25) is 9.69 Å². The number of tetrazole rings is 1. The fourth-order valence-corrected chi connectivity index (χ4v) is 4.82. The van der Waals surface area contributed by atoms with E-state index < -0.39 is 0 Å². The van der Waals surface area contributed by atoms with Crippen LogP contribution in [0.2, 0.25) is 0 Å². The van der Waals surface area contributed by atoms with Crippen LogP contribution in [0.3, 0.4) is 0 Å². The Morgan fingerprint density at radius 3 is 2.62 bits per heavy atom. The lowest BCUT2D eigenvalue weighted by Crippen LogP contribution is -2.29. The molecule has 11 heteroatoms. The Bertz CT molecular complexity index is 1450. The van der Waals surface area contributed by atoms with E-state index >= 15 is 0 Å². The molecule has 0 radical (unpaired) electrons. The molecule has 2 aliphatic heterocycles. The largest absolute Gasteiger partial charge is 0.486 e. The summed E-state index contributed by atoms with van der Waals surface area (Å²) in [4.78, 5) is 18.1. The number of aromatic amines is 1. The molecule has 1 fully saturated rings. The Labute approximate surface area is 211 Å². The lowest BCUT2D eigenvalue weighted by Gasteiger charge is -2.23. The van der Waals surface area contributed by atoms with E-state index in [-0.39, 0.29) is 17.5 Å². The first-order chi connectivity index (χ1) is 18.1. The highest BCUT2D eigenvalue weighted by molar-refractivity contribution is 5.83. The maximum atomic E-state index is 13.5. The first-order valence-corrected chi connectivity index (χ1v) is 12.4. The number of fused-ring (bicyclic) bond motifs is 2. The van der Waals surface area contributed by atoms with Gasteiger partial charge >= 0.3 is 0 Å². The van der Waals surface area contributed by atoms with E-state index in [9.17, 15) is 9.18 Å². The SMILES string of the molecule is O=c1[nH]c2cc3c(cc2cc1CN(Cc1ccc(F)cc1)Cc1nnnn1C[C@@H]1CCCO1)OCCO3. The molecule has 10 nitrogen and oxygen atoms in total. The molecule has 6 rings (SSSR count). The van der Waals surface area contributed by atoms with Gasteiger partial charge in [-0.1, -0.05) is 12.1 Å². The second-order valence-corrected chi connectivity index (χ2v) is 9.39. The van der Waals surface area contributed by atoms with Crippen molar-refractivity contribution in [2.45, 2.75) is 45.1 Å². The monoisotopic (exact) mass is 506 g/mol. The number of H-pyrrole nitrogens is 1. The molecule has 1 saturated heterocycles. The summed E-state index contributed by atoms with van der Waals surface area (Å²) in [5, 5.41) is 13.1. The Kier molecular flexibility index (Phi) is 6.54. The quantitative estimate of drug-likeness (QED) is 0.389. The van der Waals surface area contributed by atoms with E-state index in [1.807, 2.05) is 12.1 Å². The summed E-state index contributed by atoms with van der Waals surface area (Å²) in [5.41, 5.74) is 2.00. The van der Waals surface area contributed by atoms with Crippen molar-refractivity contribution < 1.29 is 18.6 Å². The van der Waals surface area contributed by atoms with Gasteiger partial charge in [-0.05, 0) is 53.1 Å². The van der Waals surface area contributed by atoms with Crippen LogP contribution >= 0.6 is 0 Å². The minimum atomic E-state index is -0.295. The molecule has 0 bridgehead atoms. The maximum Gasteiger partial charge on any atom is 0.252 e. The third-order valence-corrected chi connectivity index (χ3v) is 6.67. The molecule has 4 aromatic rings. The number of halogens is 1. The molecule has 0 unspecified atom stereocenters. The van der Waals surface area contributed by atoms with Gasteiger partial charge in [0.2, 0.25) is 0 Å². The average molecular weight is 507 g/mol. The molecule has 0 saturated carbocycles. The number of pyridine rings is 1. The van der Waals surface area contributed by atoms with Crippen molar-refractivity contribution in [3.05, 3.63) is 75.6 Å². The molecule has 4 heterocycles. The smallest absolute Gasteiger partial charge is 0.252 e. The minimum absolute atomic E-state index is 0.0910. The van der Waals surface area contributed by atoms with Gasteiger partial charge < -0.3 is 19.2 Å². The van der Waals surface area contributed by atoms with Gasteiger partial charge in [0.25, 0.3) is 5.56 Å². The molecule has 37 heavy (non-hydrogen) atoms. The molecular weight excluding hydrogens is 479 g/mol. The van der Waals surface area contributed by atoms with Crippen molar-refractivity contribution in [2.24, 2.45) is 0 Å². The van der Waals surface area contributed by atoms with Crippen LogP contribution in [0.15, 0.2) is 47.3 Å². The standard InChI is InChI=1S/C26H27FN6O4/c27-20-5-3-17(4-6-20)13-32(16-25-29-30-31-33(25)15-21-2-1-7-35-21)14-19-10-18-11-23-24(37-9-8-36-23)12-22(18)28-26(19)34/h3-6,10-12,21H,1-2,7-9,13-16H2,(H,28,34)/t21-/m0/s1. The molecule has 2 aromatic heterocycles. The normalized spacial score (nSPS) is 17.1. The molecule has 0 amide bonds. The minimum Gasteiger partial charge on any atom is -0.486 e. The van der Waals surface area contributed by atoms with Crippen LogP contribution < -0.4 is 15.0 Å². The van der Waals surface area contributed by atoms with Gasteiger partial charge in [-0.2, -0.15) is 0 Å². The number of hydrogen-bond donors (Lipinski definition) is 1. The van der Waals surface area contributed by atoms with Crippen molar-refractivity contribution in [2.75, 3.05) is 19.8 Å². The zero-order valence-electron chi connectivity index (χ0n) is 20.2. The van der Waals surface area contributed by atoms with E-state index in [0.29, 0.717) is 67.8 Å². The summed E-state index contributed by atoms with van der Waals surface area (Å²) < 4.78 is 32.4. The number of ether oxygens (including phenoxy) is 3. The predicted molar refractivity (Wildman–Crippen MR) is 132 cm³/mol. The van der Waals surface area contributed by atoms with Crippen molar-refractivity contribution >= 4 is 10.9 Å². The zero-order chi connectivity index (χ0) is 25.2. The van der Waals surface area contributed by atoms with Gasteiger partial charge in [0, 0.05) is 36.7 Å². The first kappa shape index (κ1) is 23.6. The van der Waals surface area contributed by atoms with Crippen molar-refractivity contribution in [3.63, 3.8) is 0 Å². The summed E-state index contributed by atoms with van der Waals surface area (Å²) in [7, 11) is 0. The number of nitrogens with one attached hydrogen (secondary N) is 1.